The van der Waals surface area contributed by atoms with Gasteiger partial charge in [-0.1, -0.05) is 36.3 Å². The standard InChI is InChI=1S/C21H25NO5/c23-19-13-12-18(22(19)15-7-2-1-6-10-20(24)25)16-27-21(26)14-11-17-8-4-3-5-9-17/h3-5,8-9,18H,1,6,10-16H2,(H,24,25)/t18-/m1/s1. The number of aliphatic carboxylic acids is 1. The topological polar surface area (TPSA) is 83.9 Å². The molecule has 1 aliphatic heterocycles. The lowest BCUT2D eigenvalue weighted by Gasteiger charge is -2.22. The van der Waals surface area contributed by atoms with Crippen LogP contribution in [-0.4, -0.2) is 47.0 Å². The Hall–Kier alpha value is -2.81. The van der Waals surface area contributed by atoms with Gasteiger partial charge in [0.05, 0.1) is 12.6 Å². The second-order valence-corrected chi connectivity index (χ2v) is 6.48. The molecule has 0 radical (unpaired) electrons. The van der Waals surface area contributed by atoms with Crippen LogP contribution < -0.4 is 0 Å². The number of carboxylic acid groups (broad SMARTS) is 1. The van der Waals surface area contributed by atoms with E-state index >= 15 is 0 Å². The maximum Gasteiger partial charge on any atom is 0.306 e. The summed E-state index contributed by atoms with van der Waals surface area (Å²) >= 11 is 0. The maximum atomic E-state index is 12.0. The Morgan fingerprint density at radius 1 is 1.19 bits per heavy atom. The molecule has 0 spiro atoms. The smallest absolute Gasteiger partial charge is 0.306 e. The van der Waals surface area contributed by atoms with Gasteiger partial charge in [0.2, 0.25) is 5.91 Å². The van der Waals surface area contributed by atoms with E-state index in [1.54, 1.807) is 4.90 Å². The number of carbonyl (C=O) groups is 3. The second-order valence-electron chi connectivity index (χ2n) is 6.48. The van der Waals surface area contributed by atoms with Gasteiger partial charge in [-0.25, -0.2) is 0 Å². The monoisotopic (exact) mass is 371 g/mol. The molecule has 0 aromatic heterocycles. The molecule has 1 amide bonds. The van der Waals surface area contributed by atoms with Crippen molar-refractivity contribution in [3.63, 3.8) is 0 Å². The first-order valence-electron chi connectivity index (χ1n) is 9.23. The number of esters is 1. The summed E-state index contributed by atoms with van der Waals surface area (Å²) in [4.78, 5) is 36.0. The number of unbranched alkanes of at least 4 members (excludes halogenated alkanes) is 1. The van der Waals surface area contributed by atoms with Gasteiger partial charge in [0.15, 0.2) is 0 Å². The summed E-state index contributed by atoms with van der Waals surface area (Å²) in [6, 6.07) is 9.62. The Morgan fingerprint density at radius 3 is 2.70 bits per heavy atom. The Kier molecular flexibility index (Phi) is 8.37. The molecule has 1 heterocycles. The number of aryl methyl sites for hydroxylation is 1. The third-order valence-corrected chi connectivity index (χ3v) is 4.42. The van der Waals surface area contributed by atoms with Crippen molar-refractivity contribution in [3.8, 4) is 11.8 Å². The Morgan fingerprint density at radius 2 is 1.96 bits per heavy atom. The van der Waals surface area contributed by atoms with Crippen LogP contribution in [0.2, 0.25) is 0 Å². The molecule has 1 N–H and O–H groups in total. The predicted molar refractivity (Wildman–Crippen MR) is 99.7 cm³/mol. The van der Waals surface area contributed by atoms with Crippen molar-refractivity contribution >= 4 is 17.8 Å². The number of likely N-dealkylation sites (tertiary alicyclic amines) is 1. The predicted octanol–water partition coefficient (Wildman–Crippen LogP) is 2.41. The summed E-state index contributed by atoms with van der Waals surface area (Å²) in [6.45, 7) is 0.484. The summed E-state index contributed by atoms with van der Waals surface area (Å²) < 4.78 is 5.35. The molecule has 1 aliphatic rings. The molecular weight excluding hydrogens is 346 g/mol. The number of ether oxygens (including phenoxy) is 1. The molecule has 144 valence electrons. The van der Waals surface area contributed by atoms with Gasteiger partial charge >= 0.3 is 11.9 Å². The van der Waals surface area contributed by atoms with E-state index in [9.17, 15) is 14.4 Å². The molecular formula is C21H25NO5. The minimum Gasteiger partial charge on any atom is -0.481 e. The van der Waals surface area contributed by atoms with E-state index in [1.807, 2.05) is 30.3 Å². The number of amides is 1. The second kappa shape index (κ2) is 11.0. The maximum absolute atomic E-state index is 12.0. The molecule has 1 saturated heterocycles. The van der Waals surface area contributed by atoms with Crippen LogP contribution in [0.15, 0.2) is 30.3 Å². The summed E-state index contributed by atoms with van der Waals surface area (Å²) in [7, 11) is 0. The summed E-state index contributed by atoms with van der Waals surface area (Å²) in [5.41, 5.74) is 1.09. The van der Waals surface area contributed by atoms with Gasteiger partial charge in [-0.2, -0.15) is 0 Å². The molecule has 0 unspecified atom stereocenters. The molecule has 0 bridgehead atoms. The van der Waals surface area contributed by atoms with E-state index in [0.29, 0.717) is 38.5 Å². The fourth-order valence-corrected chi connectivity index (χ4v) is 2.89. The van der Waals surface area contributed by atoms with Crippen LogP contribution in [0, 0.1) is 11.8 Å². The summed E-state index contributed by atoms with van der Waals surface area (Å²) in [5.74, 6) is 4.73. The lowest BCUT2D eigenvalue weighted by molar-refractivity contribution is -0.146. The molecule has 0 saturated carbocycles. The van der Waals surface area contributed by atoms with Gasteiger partial charge in [0.25, 0.3) is 0 Å². The largest absolute Gasteiger partial charge is 0.481 e. The van der Waals surface area contributed by atoms with E-state index in [1.165, 1.54) is 0 Å². The molecule has 6 nitrogen and oxygen atoms in total. The molecule has 1 aromatic carbocycles. The van der Waals surface area contributed by atoms with Gasteiger partial charge in [-0.15, -0.1) is 5.92 Å². The van der Waals surface area contributed by atoms with Crippen LogP contribution in [-0.2, 0) is 25.5 Å². The number of carbonyl (C=O) groups excluding carboxylic acids is 2. The molecule has 1 atom stereocenters. The third kappa shape index (κ3) is 7.53. The van der Waals surface area contributed by atoms with Gasteiger partial charge < -0.3 is 14.7 Å². The number of hydrogen-bond donors (Lipinski definition) is 1. The molecule has 1 fully saturated rings. The minimum absolute atomic E-state index is 0.0140. The molecule has 2 rings (SSSR count). The number of benzene rings is 1. The first-order valence-corrected chi connectivity index (χ1v) is 9.23. The average molecular weight is 371 g/mol. The first kappa shape index (κ1) is 20.5. The van der Waals surface area contributed by atoms with Crippen molar-refractivity contribution in [2.24, 2.45) is 0 Å². The van der Waals surface area contributed by atoms with Gasteiger partial charge in [0.1, 0.15) is 6.61 Å². The highest BCUT2D eigenvalue weighted by Crippen LogP contribution is 2.18. The zero-order valence-electron chi connectivity index (χ0n) is 15.4. The van der Waals surface area contributed by atoms with Crippen LogP contribution in [0.4, 0.5) is 0 Å². The van der Waals surface area contributed by atoms with Crippen molar-refractivity contribution in [2.45, 2.75) is 51.0 Å². The highest BCUT2D eigenvalue weighted by Gasteiger charge is 2.31. The van der Waals surface area contributed by atoms with Crippen molar-refractivity contribution in [1.29, 1.82) is 0 Å². The van der Waals surface area contributed by atoms with Crippen molar-refractivity contribution in [1.82, 2.24) is 4.90 Å². The highest BCUT2D eigenvalue weighted by molar-refractivity contribution is 5.79. The summed E-state index contributed by atoms with van der Waals surface area (Å²) in [6.07, 6.45) is 3.13. The van der Waals surface area contributed by atoms with E-state index in [0.717, 1.165) is 5.56 Å². The van der Waals surface area contributed by atoms with Crippen LogP contribution in [0.25, 0.3) is 0 Å². The summed E-state index contributed by atoms with van der Waals surface area (Å²) in [5, 5.41) is 8.58. The zero-order chi connectivity index (χ0) is 19.5. The molecule has 6 heteroatoms. The lowest BCUT2D eigenvalue weighted by Crippen LogP contribution is -2.37. The number of nitrogens with zero attached hydrogens (tertiary/aromatic N) is 1. The minimum atomic E-state index is -0.833. The van der Waals surface area contributed by atoms with Gasteiger partial charge in [-0.3, -0.25) is 14.4 Å². The fourth-order valence-electron chi connectivity index (χ4n) is 2.89. The molecule has 0 aliphatic carbocycles. The molecule has 27 heavy (non-hydrogen) atoms. The normalized spacial score (nSPS) is 15.9. The quantitative estimate of drug-likeness (QED) is 0.409. The molecule has 1 aromatic rings. The number of rotatable bonds is 9. The van der Waals surface area contributed by atoms with Crippen molar-refractivity contribution < 1.29 is 24.2 Å². The van der Waals surface area contributed by atoms with Crippen LogP contribution >= 0.6 is 0 Å². The van der Waals surface area contributed by atoms with Crippen LogP contribution in [0.1, 0.15) is 44.1 Å². The van der Waals surface area contributed by atoms with Crippen molar-refractivity contribution in [2.75, 3.05) is 13.2 Å². The lowest BCUT2D eigenvalue weighted by atomic mass is 10.1. The third-order valence-electron chi connectivity index (χ3n) is 4.42. The van der Waals surface area contributed by atoms with Gasteiger partial charge in [-0.05, 0) is 24.8 Å². The van der Waals surface area contributed by atoms with E-state index in [4.69, 9.17) is 9.84 Å². The van der Waals surface area contributed by atoms with E-state index in [-0.39, 0.29) is 37.5 Å². The van der Waals surface area contributed by atoms with Crippen LogP contribution in [0.3, 0.4) is 0 Å². The number of hydrogen-bond acceptors (Lipinski definition) is 4. The SMILES string of the molecule is O=C(O)CCCC#CCN1C(=O)CC[C@@H]1COC(=O)CCc1ccccc1. The van der Waals surface area contributed by atoms with Gasteiger partial charge in [0, 0.05) is 25.7 Å². The zero-order valence-corrected chi connectivity index (χ0v) is 15.4. The van der Waals surface area contributed by atoms with Crippen LogP contribution in [0.5, 0.6) is 0 Å². The number of carboxylic acids is 1. The average Bonchev–Trinajstić information content (AvgIpc) is 3.01. The Bertz CT molecular complexity index is 704. The fraction of sp³-hybridized carbons (Fsp3) is 0.476. The Labute approximate surface area is 159 Å². The van der Waals surface area contributed by atoms with E-state index in [2.05, 4.69) is 11.8 Å². The highest BCUT2D eigenvalue weighted by atomic mass is 16.5. The van der Waals surface area contributed by atoms with E-state index < -0.39 is 5.97 Å². The Balaban J connectivity index is 1.71. The van der Waals surface area contributed by atoms with Crippen molar-refractivity contribution in [3.05, 3.63) is 35.9 Å². The first-order chi connectivity index (χ1) is 13.1.